The summed E-state index contributed by atoms with van der Waals surface area (Å²) in [5.41, 5.74) is 2.13. The molecule has 0 spiro atoms. The molecule has 0 bridgehead atoms. The van der Waals surface area contributed by atoms with E-state index in [0.29, 0.717) is 34.7 Å². The van der Waals surface area contributed by atoms with E-state index in [2.05, 4.69) is 27.5 Å². The molecule has 0 fully saturated rings. The Morgan fingerprint density at radius 3 is 2.64 bits per heavy atom. The van der Waals surface area contributed by atoms with Crippen molar-refractivity contribution in [3.8, 4) is 5.75 Å². The first-order valence-electron chi connectivity index (χ1n) is 10.3. The third-order valence-electron chi connectivity index (χ3n) is 5.54. The number of pyridine rings is 1. The van der Waals surface area contributed by atoms with Crippen LogP contribution in [0.5, 0.6) is 5.75 Å². The number of ether oxygens (including phenoxy) is 1. The summed E-state index contributed by atoms with van der Waals surface area (Å²) in [5.74, 6) is 0.741. The lowest BCUT2D eigenvalue weighted by molar-refractivity contribution is 0.0970. The van der Waals surface area contributed by atoms with Gasteiger partial charge in [-0.25, -0.2) is 4.98 Å². The summed E-state index contributed by atoms with van der Waals surface area (Å²) in [7, 11) is 0. The summed E-state index contributed by atoms with van der Waals surface area (Å²) in [6.45, 7) is 5.96. The van der Waals surface area contributed by atoms with E-state index in [1.807, 2.05) is 25.1 Å². The second-order valence-corrected chi connectivity index (χ2v) is 8.67. The number of anilines is 1. The highest BCUT2D eigenvalue weighted by Crippen LogP contribution is 2.41. The van der Waals surface area contributed by atoms with Gasteiger partial charge in [0.15, 0.2) is 5.43 Å². The second-order valence-electron chi connectivity index (χ2n) is 7.75. The third-order valence-corrected chi connectivity index (χ3v) is 6.03. The summed E-state index contributed by atoms with van der Waals surface area (Å²) in [5, 5.41) is 0.408. The monoisotopic (exact) mass is 502 g/mol. The largest absolute Gasteiger partial charge is 0.490 e. The minimum atomic E-state index is -0.684. The van der Waals surface area contributed by atoms with E-state index in [1.165, 1.54) is 4.90 Å². The Morgan fingerprint density at radius 1 is 1.15 bits per heavy atom. The smallest absolute Gasteiger partial charge is 0.296 e. The molecule has 164 valence electrons. The van der Waals surface area contributed by atoms with Gasteiger partial charge < -0.3 is 9.15 Å². The van der Waals surface area contributed by atoms with Gasteiger partial charge in [0.2, 0.25) is 5.76 Å². The Balaban J connectivity index is 1.72. The number of nitrogens with zero attached hydrogens (tertiary/aromatic N) is 2. The van der Waals surface area contributed by atoms with E-state index in [9.17, 15) is 9.59 Å². The number of aryl methyl sites for hydroxylation is 1. The topological polar surface area (TPSA) is 72.6 Å². The van der Waals surface area contributed by atoms with Crippen molar-refractivity contribution in [3.63, 3.8) is 0 Å². The fourth-order valence-electron chi connectivity index (χ4n) is 4.00. The number of carbonyl (C=O) groups excluding carboxylic acids is 1. The number of hydrogen-bond donors (Lipinski definition) is 0. The molecule has 0 radical (unpaired) electrons. The van der Waals surface area contributed by atoms with Gasteiger partial charge in [0, 0.05) is 10.7 Å². The Hall–Kier alpha value is -3.71. The van der Waals surface area contributed by atoms with Crippen LogP contribution in [0.15, 0.2) is 87.1 Å². The molecule has 2 aromatic carbocycles. The van der Waals surface area contributed by atoms with Gasteiger partial charge in [-0.2, -0.15) is 0 Å². The van der Waals surface area contributed by atoms with Gasteiger partial charge >= 0.3 is 0 Å². The van der Waals surface area contributed by atoms with Crippen LogP contribution in [0.3, 0.4) is 0 Å². The standard InChI is InChI=1S/C26H19BrN2O4/c1-3-12-32-18-8-5-16(6-9-18)23-22-24(30)19-13-17(27)7-10-20(19)33-25(22)26(31)29(23)21-11-4-15(2)14-28-21/h3-11,13-14,23H,1,12H2,2H3. The zero-order chi connectivity index (χ0) is 23.1. The molecule has 1 amide bonds. The molecule has 0 saturated heterocycles. The zero-order valence-corrected chi connectivity index (χ0v) is 19.3. The molecule has 2 aromatic heterocycles. The van der Waals surface area contributed by atoms with Crippen molar-refractivity contribution in [2.75, 3.05) is 11.5 Å². The molecule has 0 N–H and O–H groups in total. The number of aromatic nitrogens is 1. The molecule has 4 aromatic rings. The van der Waals surface area contributed by atoms with Crippen LogP contribution in [0.2, 0.25) is 0 Å². The molecule has 0 saturated carbocycles. The maximum Gasteiger partial charge on any atom is 0.296 e. The van der Waals surface area contributed by atoms with E-state index in [1.54, 1.807) is 48.7 Å². The van der Waals surface area contributed by atoms with Crippen molar-refractivity contribution in [2.45, 2.75) is 13.0 Å². The van der Waals surface area contributed by atoms with Crippen LogP contribution in [-0.2, 0) is 0 Å². The minimum Gasteiger partial charge on any atom is -0.490 e. The first kappa shape index (κ1) is 21.2. The first-order chi connectivity index (χ1) is 16.0. The van der Waals surface area contributed by atoms with Crippen molar-refractivity contribution in [2.24, 2.45) is 0 Å². The van der Waals surface area contributed by atoms with Gasteiger partial charge in [-0.3, -0.25) is 14.5 Å². The van der Waals surface area contributed by atoms with E-state index in [0.717, 1.165) is 15.6 Å². The van der Waals surface area contributed by atoms with Gasteiger partial charge in [-0.15, -0.1) is 0 Å². The van der Waals surface area contributed by atoms with E-state index < -0.39 is 11.9 Å². The molecule has 3 heterocycles. The summed E-state index contributed by atoms with van der Waals surface area (Å²) < 4.78 is 12.3. The van der Waals surface area contributed by atoms with Gasteiger partial charge in [-0.1, -0.05) is 46.8 Å². The molecule has 1 unspecified atom stereocenters. The average Bonchev–Trinajstić information content (AvgIpc) is 3.11. The van der Waals surface area contributed by atoms with Crippen molar-refractivity contribution >= 4 is 38.6 Å². The molecule has 5 rings (SSSR count). The lowest BCUT2D eigenvalue weighted by atomic mass is 9.98. The third kappa shape index (κ3) is 3.64. The van der Waals surface area contributed by atoms with Gasteiger partial charge in [0.25, 0.3) is 5.91 Å². The van der Waals surface area contributed by atoms with Crippen LogP contribution >= 0.6 is 15.9 Å². The van der Waals surface area contributed by atoms with E-state index in [-0.39, 0.29) is 11.2 Å². The fraction of sp³-hybridized carbons (Fsp3) is 0.115. The Morgan fingerprint density at radius 2 is 1.94 bits per heavy atom. The highest BCUT2D eigenvalue weighted by atomic mass is 79.9. The van der Waals surface area contributed by atoms with Crippen molar-refractivity contribution in [1.82, 2.24) is 4.98 Å². The predicted molar refractivity (Wildman–Crippen MR) is 130 cm³/mol. The average molecular weight is 503 g/mol. The highest BCUT2D eigenvalue weighted by Gasteiger charge is 2.44. The van der Waals surface area contributed by atoms with Crippen LogP contribution in [0.1, 0.15) is 33.3 Å². The molecule has 33 heavy (non-hydrogen) atoms. The summed E-state index contributed by atoms with van der Waals surface area (Å²) in [6.07, 6.45) is 3.36. The SMILES string of the molecule is C=CCOc1ccc(C2c3c(oc4ccc(Br)cc4c3=O)C(=O)N2c2ccc(C)cn2)cc1. The van der Waals surface area contributed by atoms with Crippen molar-refractivity contribution in [1.29, 1.82) is 0 Å². The number of halogens is 1. The van der Waals surface area contributed by atoms with Crippen LogP contribution in [0.4, 0.5) is 5.82 Å². The number of amides is 1. The first-order valence-corrected chi connectivity index (χ1v) is 11.1. The Labute approximate surface area is 198 Å². The van der Waals surface area contributed by atoms with E-state index in [4.69, 9.17) is 9.15 Å². The van der Waals surface area contributed by atoms with Gasteiger partial charge in [0.1, 0.15) is 23.8 Å². The lowest BCUT2D eigenvalue weighted by Gasteiger charge is -2.24. The molecular formula is C26H19BrN2O4. The molecule has 0 aliphatic carbocycles. The predicted octanol–water partition coefficient (Wildman–Crippen LogP) is 5.57. The summed E-state index contributed by atoms with van der Waals surface area (Å²) in [4.78, 5) is 33.1. The van der Waals surface area contributed by atoms with Crippen LogP contribution in [0.25, 0.3) is 11.0 Å². The van der Waals surface area contributed by atoms with Crippen LogP contribution in [-0.4, -0.2) is 17.5 Å². The molecule has 6 nitrogen and oxygen atoms in total. The summed E-state index contributed by atoms with van der Waals surface area (Å²) >= 11 is 3.41. The molecule has 1 aliphatic rings. The number of carbonyl (C=O) groups is 1. The normalized spacial score (nSPS) is 15.0. The molecule has 1 atom stereocenters. The van der Waals surface area contributed by atoms with Crippen LogP contribution in [0, 0.1) is 6.92 Å². The van der Waals surface area contributed by atoms with Gasteiger partial charge in [-0.05, 0) is 54.4 Å². The maximum absolute atomic E-state index is 13.6. The van der Waals surface area contributed by atoms with Crippen molar-refractivity contribution < 1.29 is 13.9 Å². The molecule has 1 aliphatic heterocycles. The number of benzene rings is 2. The number of rotatable bonds is 5. The lowest BCUT2D eigenvalue weighted by Crippen LogP contribution is -2.30. The fourth-order valence-corrected chi connectivity index (χ4v) is 4.36. The zero-order valence-electron chi connectivity index (χ0n) is 17.7. The highest BCUT2D eigenvalue weighted by molar-refractivity contribution is 9.10. The quantitative estimate of drug-likeness (QED) is 0.333. The number of hydrogen-bond acceptors (Lipinski definition) is 5. The van der Waals surface area contributed by atoms with E-state index >= 15 is 0 Å². The van der Waals surface area contributed by atoms with Crippen molar-refractivity contribution in [3.05, 3.63) is 111 Å². The van der Waals surface area contributed by atoms with Gasteiger partial charge in [0.05, 0.1) is 17.0 Å². The maximum atomic E-state index is 13.6. The Kier molecular flexibility index (Phi) is 5.34. The molecular weight excluding hydrogens is 484 g/mol. The van der Waals surface area contributed by atoms with Crippen LogP contribution < -0.4 is 15.1 Å². The Bertz CT molecular complexity index is 1440. The minimum absolute atomic E-state index is 0.0363. The number of fused-ring (bicyclic) bond motifs is 2. The second kappa shape index (κ2) is 8.33. The molecule has 7 heteroatoms. The summed E-state index contributed by atoms with van der Waals surface area (Å²) in [6, 6.07) is 15.4.